The average Bonchev–Trinajstić information content (AvgIpc) is 1.85. The highest BCUT2D eigenvalue weighted by molar-refractivity contribution is 5.98. The molecular weight excluding hydrogens is 124 g/mol. The zero-order valence-corrected chi connectivity index (χ0v) is 6.31. The van der Waals surface area contributed by atoms with Crippen molar-refractivity contribution in [2.45, 2.75) is 32.6 Å². The van der Waals surface area contributed by atoms with Gasteiger partial charge in [0.25, 0.3) is 0 Å². The molecule has 2 aliphatic rings. The van der Waals surface area contributed by atoms with Gasteiger partial charge in [-0.3, -0.25) is 4.79 Å². The lowest BCUT2D eigenvalue weighted by Gasteiger charge is -2.33. The highest BCUT2D eigenvalue weighted by Gasteiger charge is 2.32. The zero-order chi connectivity index (χ0) is 7.14. The summed E-state index contributed by atoms with van der Waals surface area (Å²) < 4.78 is 0. The van der Waals surface area contributed by atoms with Gasteiger partial charge in [0, 0.05) is 6.42 Å². The van der Waals surface area contributed by atoms with Crippen LogP contribution in [-0.2, 0) is 4.79 Å². The van der Waals surface area contributed by atoms with E-state index in [-0.39, 0.29) is 0 Å². The Labute approximate surface area is 61.1 Å². The molecule has 2 aliphatic carbocycles. The average molecular weight is 136 g/mol. The van der Waals surface area contributed by atoms with Crippen LogP contribution in [0.5, 0.6) is 0 Å². The molecule has 1 atom stereocenters. The van der Waals surface area contributed by atoms with Gasteiger partial charge >= 0.3 is 0 Å². The third kappa shape index (κ3) is 0.664. The fourth-order valence-electron chi connectivity index (χ4n) is 2.10. The predicted molar refractivity (Wildman–Crippen MR) is 39.7 cm³/mol. The molecule has 0 fully saturated rings. The molecule has 0 saturated carbocycles. The van der Waals surface area contributed by atoms with Crippen LogP contribution in [0.2, 0.25) is 0 Å². The van der Waals surface area contributed by atoms with Crippen molar-refractivity contribution in [3.8, 4) is 0 Å². The number of ketones is 1. The van der Waals surface area contributed by atoms with E-state index in [0.717, 1.165) is 12.8 Å². The molecule has 0 aromatic heterocycles. The monoisotopic (exact) mass is 136 g/mol. The normalized spacial score (nSPS) is 31.7. The smallest absolute Gasteiger partial charge is 0.159 e. The Hall–Kier alpha value is -0.590. The Bertz CT molecular complexity index is 213. The summed E-state index contributed by atoms with van der Waals surface area (Å²) in [6, 6.07) is 0. The Morgan fingerprint density at radius 1 is 1.40 bits per heavy atom. The van der Waals surface area contributed by atoms with E-state index in [1.807, 2.05) is 0 Å². The topological polar surface area (TPSA) is 17.1 Å². The largest absolute Gasteiger partial charge is 0.295 e. The highest BCUT2D eigenvalue weighted by Crippen LogP contribution is 2.41. The van der Waals surface area contributed by atoms with E-state index in [1.54, 1.807) is 0 Å². The third-order valence-electron chi connectivity index (χ3n) is 2.61. The highest BCUT2D eigenvalue weighted by atomic mass is 16.1. The first-order valence-corrected chi connectivity index (χ1v) is 4.04. The molecule has 0 aromatic rings. The second-order valence-corrected chi connectivity index (χ2v) is 3.40. The maximum Gasteiger partial charge on any atom is 0.159 e. The van der Waals surface area contributed by atoms with Crippen LogP contribution in [-0.4, -0.2) is 5.78 Å². The van der Waals surface area contributed by atoms with Gasteiger partial charge in [-0.1, -0.05) is 12.5 Å². The molecule has 0 N–H and O–H groups in total. The molecule has 10 heavy (non-hydrogen) atoms. The molecule has 0 spiro atoms. The van der Waals surface area contributed by atoms with Crippen molar-refractivity contribution in [3.05, 3.63) is 11.1 Å². The number of hydrogen-bond acceptors (Lipinski definition) is 1. The first-order valence-electron chi connectivity index (χ1n) is 4.04. The van der Waals surface area contributed by atoms with Crippen LogP contribution in [0.3, 0.4) is 0 Å². The second-order valence-electron chi connectivity index (χ2n) is 3.40. The summed E-state index contributed by atoms with van der Waals surface area (Å²) in [5, 5.41) is 0. The van der Waals surface area contributed by atoms with E-state index in [0.29, 0.717) is 11.7 Å². The fraction of sp³-hybridized carbons (Fsp3) is 0.667. The Balaban J connectivity index is 2.31. The van der Waals surface area contributed by atoms with Crippen molar-refractivity contribution in [1.29, 1.82) is 0 Å². The van der Waals surface area contributed by atoms with Gasteiger partial charge in [-0.05, 0) is 30.8 Å². The minimum atomic E-state index is 0.431. The lowest BCUT2D eigenvalue weighted by molar-refractivity contribution is -0.117. The number of hydrogen-bond donors (Lipinski definition) is 0. The lowest BCUT2D eigenvalue weighted by Crippen LogP contribution is -2.26. The van der Waals surface area contributed by atoms with Crippen LogP contribution in [0.4, 0.5) is 0 Å². The lowest BCUT2D eigenvalue weighted by atomic mass is 9.71. The number of allylic oxidation sites excluding steroid dienone is 2. The van der Waals surface area contributed by atoms with Crippen molar-refractivity contribution in [1.82, 2.24) is 0 Å². The van der Waals surface area contributed by atoms with Gasteiger partial charge in [0.15, 0.2) is 5.78 Å². The predicted octanol–water partition coefficient (Wildman–Crippen LogP) is 2.08. The summed E-state index contributed by atoms with van der Waals surface area (Å²) >= 11 is 0. The first-order chi connectivity index (χ1) is 4.79. The van der Waals surface area contributed by atoms with Crippen LogP contribution in [0.15, 0.2) is 11.1 Å². The minimum Gasteiger partial charge on any atom is -0.295 e. The molecular formula is C9H12O. The Kier molecular flexibility index (Phi) is 1.19. The number of rotatable bonds is 0. The van der Waals surface area contributed by atoms with E-state index in [1.165, 1.54) is 24.0 Å². The first kappa shape index (κ1) is 6.14. The zero-order valence-electron chi connectivity index (χ0n) is 6.31. The molecule has 1 unspecified atom stereocenters. The van der Waals surface area contributed by atoms with Crippen molar-refractivity contribution in [3.63, 3.8) is 0 Å². The summed E-state index contributed by atoms with van der Waals surface area (Å²) in [4.78, 5) is 11.2. The molecule has 1 heteroatoms. The minimum absolute atomic E-state index is 0.431. The van der Waals surface area contributed by atoms with Gasteiger partial charge in [0.1, 0.15) is 0 Å². The molecule has 0 aromatic carbocycles. The van der Waals surface area contributed by atoms with Gasteiger partial charge in [0.05, 0.1) is 0 Å². The van der Waals surface area contributed by atoms with Crippen LogP contribution in [0.25, 0.3) is 0 Å². The summed E-state index contributed by atoms with van der Waals surface area (Å²) in [6.07, 6.45) is 4.31. The van der Waals surface area contributed by atoms with Crippen molar-refractivity contribution in [2.24, 2.45) is 5.92 Å². The summed E-state index contributed by atoms with van der Waals surface area (Å²) in [5.74, 6) is 1.02. The maximum absolute atomic E-state index is 11.2. The molecule has 0 bridgehead atoms. The maximum atomic E-state index is 11.2. The van der Waals surface area contributed by atoms with Gasteiger partial charge in [-0.25, -0.2) is 0 Å². The summed E-state index contributed by atoms with van der Waals surface area (Å²) in [5.41, 5.74) is 2.65. The summed E-state index contributed by atoms with van der Waals surface area (Å²) in [6.45, 7) is 2.15. The van der Waals surface area contributed by atoms with Crippen LogP contribution < -0.4 is 0 Å². The number of carbonyl (C=O) groups is 1. The van der Waals surface area contributed by atoms with Crippen LogP contribution in [0.1, 0.15) is 32.6 Å². The summed E-state index contributed by atoms with van der Waals surface area (Å²) in [7, 11) is 0. The third-order valence-corrected chi connectivity index (χ3v) is 2.61. The number of Topliss-reactive ketones (excluding diaryl/α,β-unsaturated/α-hetero) is 1. The SMILES string of the molecule is CC1CC2=C1C(=O)CCC2. The van der Waals surface area contributed by atoms with E-state index in [2.05, 4.69) is 6.92 Å². The van der Waals surface area contributed by atoms with E-state index in [4.69, 9.17) is 0 Å². The molecule has 0 heterocycles. The molecule has 54 valence electrons. The Morgan fingerprint density at radius 3 is 2.70 bits per heavy atom. The van der Waals surface area contributed by atoms with Gasteiger partial charge in [-0.15, -0.1) is 0 Å². The molecule has 1 nitrogen and oxygen atoms in total. The van der Waals surface area contributed by atoms with Crippen molar-refractivity contribution >= 4 is 5.78 Å². The van der Waals surface area contributed by atoms with Crippen LogP contribution >= 0.6 is 0 Å². The van der Waals surface area contributed by atoms with Crippen molar-refractivity contribution in [2.75, 3.05) is 0 Å². The van der Waals surface area contributed by atoms with Crippen molar-refractivity contribution < 1.29 is 4.79 Å². The van der Waals surface area contributed by atoms with Gasteiger partial charge in [0.2, 0.25) is 0 Å². The standard InChI is InChI=1S/C9H12O/c1-6-5-7-3-2-4-8(10)9(6)7/h6H,2-5H2,1H3. The molecule has 0 aliphatic heterocycles. The Morgan fingerprint density at radius 2 is 2.20 bits per heavy atom. The van der Waals surface area contributed by atoms with Gasteiger partial charge in [-0.2, -0.15) is 0 Å². The van der Waals surface area contributed by atoms with Gasteiger partial charge < -0.3 is 0 Å². The number of carbonyl (C=O) groups excluding carboxylic acids is 1. The molecule has 2 rings (SSSR count). The van der Waals surface area contributed by atoms with E-state index in [9.17, 15) is 4.79 Å². The molecule has 0 radical (unpaired) electrons. The van der Waals surface area contributed by atoms with E-state index >= 15 is 0 Å². The fourth-order valence-corrected chi connectivity index (χ4v) is 2.10. The molecule has 0 saturated heterocycles. The van der Waals surface area contributed by atoms with E-state index < -0.39 is 0 Å². The second kappa shape index (κ2) is 1.94. The van der Waals surface area contributed by atoms with Crippen LogP contribution in [0, 0.1) is 5.92 Å². The quantitative estimate of drug-likeness (QED) is 0.498. The molecule has 0 amide bonds.